The fraction of sp³-hybridized carbons (Fsp3) is 0.750. The summed E-state index contributed by atoms with van der Waals surface area (Å²) in [5.41, 5.74) is -0.412. The van der Waals surface area contributed by atoms with E-state index in [9.17, 15) is 18.3 Å². The molecule has 1 aromatic heterocycles. The summed E-state index contributed by atoms with van der Waals surface area (Å²) in [6.07, 6.45) is 5.63. The van der Waals surface area contributed by atoms with Crippen molar-refractivity contribution in [2.75, 3.05) is 13.7 Å². The van der Waals surface area contributed by atoms with Gasteiger partial charge in [0.1, 0.15) is 4.21 Å². The van der Waals surface area contributed by atoms with E-state index >= 15 is 0 Å². The van der Waals surface area contributed by atoms with Crippen LogP contribution in [0.15, 0.2) is 16.3 Å². The van der Waals surface area contributed by atoms with Gasteiger partial charge in [0.2, 0.25) is 10.0 Å². The van der Waals surface area contributed by atoms with E-state index in [0.29, 0.717) is 23.7 Å². The third-order valence-electron chi connectivity index (χ3n) is 7.28. The summed E-state index contributed by atoms with van der Waals surface area (Å²) in [5, 5.41) is 10.4. The normalized spacial score (nSPS) is 34.6. The molecule has 168 valence electrons. The van der Waals surface area contributed by atoms with E-state index in [1.807, 2.05) is 0 Å². The van der Waals surface area contributed by atoms with Crippen LogP contribution in [0.25, 0.3) is 0 Å². The van der Waals surface area contributed by atoms with Crippen molar-refractivity contribution in [3.63, 3.8) is 0 Å². The first-order valence-electron chi connectivity index (χ1n) is 10.6. The number of nitrogens with zero attached hydrogens (tertiary/aromatic N) is 1. The van der Waals surface area contributed by atoms with Gasteiger partial charge in [0.05, 0.1) is 17.6 Å². The fourth-order valence-corrected chi connectivity index (χ4v) is 8.84. The molecule has 0 unspecified atom stereocenters. The number of amides is 1. The standard InChI is InChI=1S/C20H29ClN2O5S2/c1-28-19(25)23-11-8-14(24)12-15(23)20-9-3-2-4-13(7-10-20)18(20)22-30(26,27)17-6-5-16(21)29-17/h5-6,13-15,18,22,24H,2-4,7-12H2,1H3/t13-,14+,15+,18-,20-/m0/s1. The average molecular weight is 477 g/mol. The Morgan fingerprint density at radius 3 is 2.80 bits per heavy atom. The molecule has 1 saturated heterocycles. The van der Waals surface area contributed by atoms with Gasteiger partial charge in [-0.15, -0.1) is 11.3 Å². The molecule has 2 N–H and O–H groups in total. The number of nitrogens with one attached hydrogen (secondary N) is 1. The molecule has 2 heterocycles. The molecule has 0 aromatic carbocycles. The van der Waals surface area contributed by atoms with Crippen LogP contribution in [0.1, 0.15) is 51.4 Å². The van der Waals surface area contributed by atoms with Crippen LogP contribution in [0.4, 0.5) is 4.79 Å². The zero-order valence-electron chi connectivity index (χ0n) is 17.0. The van der Waals surface area contributed by atoms with Crippen molar-refractivity contribution in [1.82, 2.24) is 9.62 Å². The number of hydrogen-bond acceptors (Lipinski definition) is 6. The fourth-order valence-electron chi connectivity index (χ4n) is 5.95. The van der Waals surface area contributed by atoms with Crippen molar-refractivity contribution >= 4 is 39.1 Å². The summed E-state index contributed by atoms with van der Waals surface area (Å²) in [5.74, 6) is 0.219. The van der Waals surface area contributed by atoms with Crippen molar-refractivity contribution < 1.29 is 23.1 Å². The van der Waals surface area contributed by atoms with Crippen LogP contribution in [0.2, 0.25) is 4.34 Å². The van der Waals surface area contributed by atoms with E-state index in [4.69, 9.17) is 16.3 Å². The van der Waals surface area contributed by atoms with Crippen LogP contribution in [0.5, 0.6) is 0 Å². The second kappa shape index (κ2) is 8.58. The number of halogens is 1. The van der Waals surface area contributed by atoms with Gasteiger partial charge < -0.3 is 14.7 Å². The van der Waals surface area contributed by atoms with Crippen LogP contribution < -0.4 is 4.72 Å². The number of fused-ring (bicyclic) bond motifs is 2. The highest BCUT2D eigenvalue weighted by Gasteiger charge is 2.57. The number of piperidine rings is 1. The van der Waals surface area contributed by atoms with Crippen LogP contribution in [-0.2, 0) is 14.8 Å². The highest BCUT2D eigenvalue weighted by Crippen LogP contribution is 2.55. The number of ether oxygens (including phenoxy) is 1. The quantitative estimate of drug-likeness (QED) is 0.692. The van der Waals surface area contributed by atoms with Crippen molar-refractivity contribution in [3.8, 4) is 0 Å². The first-order valence-corrected chi connectivity index (χ1v) is 13.2. The minimum atomic E-state index is -3.73. The summed E-state index contributed by atoms with van der Waals surface area (Å²) < 4.78 is 35.1. The first kappa shape index (κ1) is 22.3. The number of rotatable bonds is 4. The number of aliphatic hydroxyl groups excluding tert-OH is 1. The lowest BCUT2D eigenvalue weighted by Crippen LogP contribution is -2.61. The van der Waals surface area contributed by atoms with Gasteiger partial charge in [0.25, 0.3) is 0 Å². The summed E-state index contributed by atoms with van der Waals surface area (Å²) in [4.78, 5) is 14.3. The van der Waals surface area contributed by atoms with E-state index in [2.05, 4.69) is 4.72 Å². The SMILES string of the molecule is COC(=O)N1CC[C@@H](O)C[C@@H]1[C@]12CCCC[C@@H](CC1)[C@@H]2NS(=O)(=O)c1ccc(Cl)s1. The maximum absolute atomic E-state index is 13.2. The molecule has 0 radical (unpaired) electrons. The minimum Gasteiger partial charge on any atom is -0.453 e. The summed E-state index contributed by atoms with van der Waals surface area (Å²) in [7, 11) is -2.36. The topological polar surface area (TPSA) is 95.9 Å². The first-order chi connectivity index (χ1) is 14.3. The third-order valence-corrected chi connectivity index (χ3v) is 10.4. The molecule has 7 nitrogen and oxygen atoms in total. The number of carbonyl (C=O) groups is 1. The van der Waals surface area contributed by atoms with E-state index in [0.717, 1.165) is 49.9 Å². The molecule has 5 atom stereocenters. The monoisotopic (exact) mass is 476 g/mol. The van der Waals surface area contributed by atoms with Gasteiger partial charge in [-0.1, -0.05) is 24.4 Å². The van der Waals surface area contributed by atoms with Gasteiger partial charge in [-0.05, 0) is 56.6 Å². The number of methoxy groups -OCH3 is 1. The lowest BCUT2D eigenvalue weighted by Gasteiger charge is -2.50. The Hall–Kier alpha value is -0.870. The maximum Gasteiger partial charge on any atom is 0.409 e. The summed E-state index contributed by atoms with van der Waals surface area (Å²) in [6, 6.07) is 2.59. The molecule has 4 rings (SSSR count). The lowest BCUT2D eigenvalue weighted by atomic mass is 9.68. The molecule has 0 spiro atoms. The van der Waals surface area contributed by atoms with E-state index < -0.39 is 27.6 Å². The highest BCUT2D eigenvalue weighted by atomic mass is 35.5. The van der Waals surface area contributed by atoms with Crippen LogP contribution in [0, 0.1) is 11.3 Å². The van der Waals surface area contributed by atoms with Crippen LogP contribution in [-0.4, -0.2) is 56.4 Å². The van der Waals surface area contributed by atoms with Crippen molar-refractivity contribution in [1.29, 1.82) is 0 Å². The van der Waals surface area contributed by atoms with Gasteiger partial charge in [-0.3, -0.25) is 0 Å². The van der Waals surface area contributed by atoms with Gasteiger partial charge in [-0.25, -0.2) is 17.9 Å². The van der Waals surface area contributed by atoms with Crippen LogP contribution >= 0.6 is 22.9 Å². The Bertz CT molecular complexity index is 892. The van der Waals surface area contributed by atoms with Gasteiger partial charge >= 0.3 is 6.09 Å². The Kier molecular flexibility index (Phi) is 6.38. The number of hydrogen-bond donors (Lipinski definition) is 2. The molecule has 2 aliphatic carbocycles. The van der Waals surface area contributed by atoms with E-state index in [1.165, 1.54) is 13.2 Å². The number of aliphatic hydroxyl groups is 1. The smallest absolute Gasteiger partial charge is 0.409 e. The average Bonchev–Trinajstić information content (AvgIpc) is 3.23. The summed E-state index contributed by atoms with van der Waals surface area (Å²) >= 11 is 7.03. The largest absolute Gasteiger partial charge is 0.453 e. The molecule has 2 saturated carbocycles. The Balaban J connectivity index is 1.71. The molecule has 3 aliphatic rings. The molecule has 2 bridgehead atoms. The predicted octanol–water partition coefficient (Wildman–Crippen LogP) is 3.61. The number of likely N-dealkylation sites (tertiary alicyclic amines) is 1. The molecule has 1 aromatic rings. The predicted molar refractivity (Wildman–Crippen MR) is 115 cm³/mol. The van der Waals surface area contributed by atoms with E-state index in [1.54, 1.807) is 11.0 Å². The second-order valence-corrected chi connectivity index (χ2v) is 12.4. The molecule has 1 aliphatic heterocycles. The Morgan fingerprint density at radius 2 is 2.10 bits per heavy atom. The van der Waals surface area contributed by atoms with E-state index in [-0.39, 0.29) is 22.2 Å². The van der Waals surface area contributed by atoms with Gasteiger partial charge in [0, 0.05) is 24.0 Å². The molecule has 10 heteroatoms. The lowest BCUT2D eigenvalue weighted by molar-refractivity contribution is -0.0269. The van der Waals surface area contributed by atoms with Crippen LogP contribution in [0.3, 0.4) is 0 Å². The minimum absolute atomic E-state index is 0.208. The van der Waals surface area contributed by atoms with Crippen molar-refractivity contribution in [3.05, 3.63) is 16.5 Å². The maximum atomic E-state index is 13.2. The molecule has 3 fully saturated rings. The van der Waals surface area contributed by atoms with Gasteiger partial charge in [0.15, 0.2) is 0 Å². The van der Waals surface area contributed by atoms with Crippen molar-refractivity contribution in [2.45, 2.75) is 73.8 Å². The van der Waals surface area contributed by atoms with Gasteiger partial charge in [-0.2, -0.15) is 0 Å². The van der Waals surface area contributed by atoms with Crippen molar-refractivity contribution in [2.24, 2.45) is 11.3 Å². The Morgan fingerprint density at radius 1 is 1.30 bits per heavy atom. The third kappa shape index (κ3) is 3.99. The molecule has 1 amide bonds. The Labute approximate surface area is 186 Å². The molecule has 30 heavy (non-hydrogen) atoms. The number of carbonyl (C=O) groups excluding carboxylic acids is 1. The zero-order valence-corrected chi connectivity index (χ0v) is 19.4. The second-order valence-electron chi connectivity index (χ2n) is 8.79. The summed E-state index contributed by atoms with van der Waals surface area (Å²) in [6.45, 7) is 0.422. The molecular formula is C20H29ClN2O5S2. The number of sulfonamides is 1. The molecular weight excluding hydrogens is 448 g/mol. The zero-order chi connectivity index (χ0) is 21.5. The highest BCUT2D eigenvalue weighted by molar-refractivity contribution is 7.91. The number of thiophene rings is 1.